The molecule has 0 aliphatic heterocycles. The number of carbonyl (C=O) groups is 1. The van der Waals surface area contributed by atoms with Crippen LogP contribution < -0.4 is 15.4 Å². The topological polar surface area (TPSA) is 87.3 Å². The number of carbonyl (C=O) groups excluding carboxylic acids is 1. The van der Waals surface area contributed by atoms with Gasteiger partial charge >= 0.3 is 6.03 Å². The van der Waals surface area contributed by atoms with Gasteiger partial charge in [0.25, 0.3) is 10.0 Å². The monoisotopic (exact) mass is 429 g/mol. The SMILES string of the molecule is Cc1ccc(C)c(NS(=O)(=O)c2ccc(NC(=O)Nc3ccc(Cl)cc3)cc2)c1. The molecule has 0 aromatic heterocycles. The summed E-state index contributed by atoms with van der Waals surface area (Å²) in [6, 6.07) is 17.7. The van der Waals surface area contributed by atoms with Crippen molar-refractivity contribution in [2.75, 3.05) is 15.4 Å². The highest BCUT2D eigenvalue weighted by Gasteiger charge is 2.15. The van der Waals surface area contributed by atoms with Crippen LogP contribution in [0.2, 0.25) is 5.02 Å². The number of hydrogen-bond acceptors (Lipinski definition) is 3. The summed E-state index contributed by atoms with van der Waals surface area (Å²) in [5.74, 6) is 0. The molecule has 3 aromatic rings. The van der Waals surface area contributed by atoms with E-state index >= 15 is 0 Å². The molecule has 0 aliphatic carbocycles. The average molecular weight is 430 g/mol. The molecule has 2 amide bonds. The van der Waals surface area contributed by atoms with Crippen LogP contribution in [-0.2, 0) is 10.0 Å². The number of hydrogen-bond donors (Lipinski definition) is 3. The fourth-order valence-electron chi connectivity index (χ4n) is 2.59. The Balaban J connectivity index is 1.68. The quantitative estimate of drug-likeness (QED) is 0.507. The first-order valence-electron chi connectivity index (χ1n) is 8.77. The lowest BCUT2D eigenvalue weighted by Crippen LogP contribution is -2.19. The molecule has 29 heavy (non-hydrogen) atoms. The largest absolute Gasteiger partial charge is 0.323 e. The number of amides is 2. The standard InChI is InChI=1S/C21H20ClN3O3S/c1-14-3-4-15(2)20(13-14)25-29(27,28)19-11-9-18(10-12-19)24-21(26)23-17-7-5-16(22)6-8-17/h3-13,25H,1-2H3,(H2,23,24,26). The maximum Gasteiger partial charge on any atom is 0.323 e. The van der Waals surface area contributed by atoms with Crippen LogP contribution in [0.1, 0.15) is 11.1 Å². The average Bonchev–Trinajstić information content (AvgIpc) is 2.67. The van der Waals surface area contributed by atoms with Gasteiger partial charge in [-0.3, -0.25) is 4.72 Å². The Hall–Kier alpha value is -3.03. The summed E-state index contributed by atoms with van der Waals surface area (Å²) >= 11 is 5.81. The normalized spacial score (nSPS) is 11.0. The van der Waals surface area contributed by atoms with E-state index in [0.29, 0.717) is 22.1 Å². The fourth-order valence-corrected chi connectivity index (χ4v) is 3.84. The Morgan fingerprint density at radius 3 is 1.97 bits per heavy atom. The van der Waals surface area contributed by atoms with Crippen LogP contribution in [0.3, 0.4) is 0 Å². The molecule has 3 rings (SSSR count). The van der Waals surface area contributed by atoms with Gasteiger partial charge in [-0.1, -0.05) is 23.7 Å². The molecule has 3 N–H and O–H groups in total. The van der Waals surface area contributed by atoms with E-state index in [0.717, 1.165) is 11.1 Å². The second kappa shape index (κ2) is 8.55. The molecular formula is C21H20ClN3O3S. The van der Waals surface area contributed by atoms with Gasteiger partial charge in [0.2, 0.25) is 0 Å². The van der Waals surface area contributed by atoms with Crippen LogP contribution in [0.25, 0.3) is 0 Å². The summed E-state index contributed by atoms with van der Waals surface area (Å²) in [6.07, 6.45) is 0. The maximum absolute atomic E-state index is 12.6. The predicted octanol–water partition coefficient (Wildman–Crippen LogP) is 5.40. The van der Waals surface area contributed by atoms with Crippen molar-refractivity contribution >= 4 is 44.7 Å². The maximum atomic E-state index is 12.6. The van der Waals surface area contributed by atoms with Crippen molar-refractivity contribution in [2.24, 2.45) is 0 Å². The number of nitrogens with one attached hydrogen (secondary N) is 3. The van der Waals surface area contributed by atoms with Gasteiger partial charge < -0.3 is 10.6 Å². The van der Waals surface area contributed by atoms with Crippen LogP contribution in [0.5, 0.6) is 0 Å². The third kappa shape index (κ3) is 5.49. The van der Waals surface area contributed by atoms with Crippen molar-refractivity contribution in [3.05, 3.63) is 82.9 Å². The third-order valence-corrected chi connectivity index (χ3v) is 5.80. The number of sulfonamides is 1. The number of anilines is 3. The number of urea groups is 1. The Kier molecular flexibility index (Phi) is 6.10. The van der Waals surface area contributed by atoms with E-state index in [1.807, 2.05) is 26.0 Å². The summed E-state index contributed by atoms with van der Waals surface area (Å²) in [5.41, 5.74) is 3.37. The predicted molar refractivity (Wildman–Crippen MR) is 117 cm³/mol. The molecular weight excluding hydrogens is 410 g/mol. The molecule has 8 heteroatoms. The summed E-state index contributed by atoms with van der Waals surface area (Å²) in [5, 5.41) is 5.89. The van der Waals surface area contributed by atoms with Gasteiger partial charge in [-0.05, 0) is 79.6 Å². The third-order valence-electron chi connectivity index (χ3n) is 4.16. The first-order valence-corrected chi connectivity index (χ1v) is 10.6. The smallest absolute Gasteiger partial charge is 0.308 e. The highest BCUT2D eigenvalue weighted by atomic mass is 35.5. The Morgan fingerprint density at radius 1 is 0.828 bits per heavy atom. The molecule has 0 spiro atoms. The molecule has 0 aliphatic rings. The lowest BCUT2D eigenvalue weighted by Gasteiger charge is -2.12. The number of rotatable bonds is 5. The molecule has 0 saturated heterocycles. The van der Waals surface area contributed by atoms with Gasteiger partial charge in [-0.25, -0.2) is 13.2 Å². The van der Waals surface area contributed by atoms with E-state index in [2.05, 4.69) is 15.4 Å². The minimum Gasteiger partial charge on any atom is -0.308 e. The van der Waals surface area contributed by atoms with Crippen LogP contribution in [-0.4, -0.2) is 14.4 Å². The second-order valence-corrected chi connectivity index (χ2v) is 8.65. The van der Waals surface area contributed by atoms with Gasteiger partial charge in [0.1, 0.15) is 0 Å². The molecule has 150 valence electrons. The van der Waals surface area contributed by atoms with E-state index in [1.165, 1.54) is 24.3 Å². The minimum atomic E-state index is -3.74. The van der Waals surface area contributed by atoms with E-state index < -0.39 is 16.1 Å². The highest BCUT2D eigenvalue weighted by molar-refractivity contribution is 7.92. The van der Waals surface area contributed by atoms with Crippen LogP contribution >= 0.6 is 11.6 Å². The highest BCUT2D eigenvalue weighted by Crippen LogP contribution is 2.22. The van der Waals surface area contributed by atoms with Crippen molar-refractivity contribution in [3.63, 3.8) is 0 Å². The molecule has 0 atom stereocenters. The molecule has 0 fully saturated rings. The van der Waals surface area contributed by atoms with E-state index in [-0.39, 0.29) is 4.90 Å². The van der Waals surface area contributed by atoms with Crippen molar-refractivity contribution in [2.45, 2.75) is 18.7 Å². The Bertz CT molecular complexity index is 1130. The molecule has 0 bridgehead atoms. The lowest BCUT2D eigenvalue weighted by molar-refractivity contribution is 0.262. The summed E-state index contributed by atoms with van der Waals surface area (Å²) < 4.78 is 27.9. The van der Waals surface area contributed by atoms with Crippen LogP contribution in [0.15, 0.2) is 71.6 Å². The van der Waals surface area contributed by atoms with E-state index in [1.54, 1.807) is 30.3 Å². The van der Waals surface area contributed by atoms with Crippen molar-refractivity contribution in [3.8, 4) is 0 Å². The molecule has 3 aromatic carbocycles. The van der Waals surface area contributed by atoms with Crippen molar-refractivity contribution in [1.82, 2.24) is 0 Å². The van der Waals surface area contributed by atoms with Crippen molar-refractivity contribution in [1.29, 1.82) is 0 Å². The van der Waals surface area contributed by atoms with Crippen LogP contribution in [0.4, 0.5) is 21.9 Å². The Labute approximate surface area is 175 Å². The summed E-state index contributed by atoms with van der Waals surface area (Å²) in [4.78, 5) is 12.2. The zero-order valence-corrected chi connectivity index (χ0v) is 17.4. The molecule has 0 unspecified atom stereocenters. The minimum absolute atomic E-state index is 0.0991. The zero-order chi connectivity index (χ0) is 21.0. The van der Waals surface area contributed by atoms with E-state index in [4.69, 9.17) is 11.6 Å². The fraction of sp³-hybridized carbons (Fsp3) is 0.0952. The van der Waals surface area contributed by atoms with E-state index in [9.17, 15) is 13.2 Å². The summed E-state index contributed by atoms with van der Waals surface area (Å²) in [6.45, 7) is 3.73. The number of halogens is 1. The van der Waals surface area contributed by atoms with Gasteiger partial charge in [-0.15, -0.1) is 0 Å². The van der Waals surface area contributed by atoms with Gasteiger partial charge in [0.15, 0.2) is 0 Å². The number of benzene rings is 3. The number of aryl methyl sites for hydroxylation is 2. The van der Waals surface area contributed by atoms with Crippen LogP contribution in [0, 0.1) is 13.8 Å². The Morgan fingerprint density at radius 2 is 1.38 bits per heavy atom. The lowest BCUT2D eigenvalue weighted by atomic mass is 10.1. The van der Waals surface area contributed by atoms with Crippen molar-refractivity contribution < 1.29 is 13.2 Å². The zero-order valence-electron chi connectivity index (χ0n) is 15.9. The second-order valence-electron chi connectivity index (χ2n) is 6.53. The molecule has 0 saturated carbocycles. The van der Waals surface area contributed by atoms with Gasteiger partial charge in [0.05, 0.1) is 10.6 Å². The molecule has 6 nitrogen and oxygen atoms in total. The van der Waals surface area contributed by atoms with Gasteiger partial charge in [0, 0.05) is 16.4 Å². The van der Waals surface area contributed by atoms with Gasteiger partial charge in [-0.2, -0.15) is 0 Å². The molecule has 0 heterocycles. The first-order chi connectivity index (χ1) is 13.7. The first kappa shape index (κ1) is 20.7. The summed E-state index contributed by atoms with van der Waals surface area (Å²) in [7, 11) is -3.74. The molecule has 0 radical (unpaired) electrons.